The van der Waals surface area contributed by atoms with Crippen molar-refractivity contribution in [1.29, 1.82) is 0 Å². The minimum atomic E-state index is -0.811. The van der Waals surface area contributed by atoms with Crippen LogP contribution in [0.1, 0.15) is 36.0 Å². The number of carbonyl (C=O) groups is 2. The van der Waals surface area contributed by atoms with Gasteiger partial charge in [0.05, 0.1) is 16.5 Å². The largest absolute Gasteiger partial charge is 0.481 e. The third kappa shape index (κ3) is 3.61. The number of aliphatic carboxylic acids is 1. The van der Waals surface area contributed by atoms with E-state index in [1.165, 1.54) is 12.3 Å². The number of carboxylic acids is 1. The van der Waals surface area contributed by atoms with Crippen molar-refractivity contribution in [3.63, 3.8) is 0 Å². The average Bonchev–Trinajstić information content (AvgIpc) is 2.41. The first-order chi connectivity index (χ1) is 9.47. The Morgan fingerprint density at radius 1 is 1.35 bits per heavy atom. The number of hydrogen-bond acceptors (Lipinski definition) is 3. The molecular formula is C13H14Cl2N2O3. The number of amides is 1. The quantitative estimate of drug-likeness (QED) is 0.840. The van der Waals surface area contributed by atoms with Crippen molar-refractivity contribution in [2.24, 2.45) is 5.92 Å². The molecule has 2 unspecified atom stereocenters. The third-order valence-electron chi connectivity index (χ3n) is 3.43. The predicted molar refractivity (Wildman–Crippen MR) is 75.1 cm³/mol. The summed E-state index contributed by atoms with van der Waals surface area (Å²) >= 11 is 11.7. The predicted octanol–water partition coefficient (Wildman–Crippen LogP) is 2.76. The van der Waals surface area contributed by atoms with Crippen LogP contribution in [-0.4, -0.2) is 28.0 Å². The van der Waals surface area contributed by atoms with Crippen LogP contribution < -0.4 is 5.32 Å². The number of rotatable bonds is 3. The van der Waals surface area contributed by atoms with Gasteiger partial charge >= 0.3 is 5.97 Å². The van der Waals surface area contributed by atoms with Crippen LogP contribution in [-0.2, 0) is 4.79 Å². The van der Waals surface area contributed by atoms with Crippen molar-refractivity contribution in [2.75, 3.05) is 0 Å². The minimum absolute atomic E-state index is 0.152. The molecule has 2 rings (SSSR count). The van der Waals surface area contributed by atoms with Gasteiger partial charge in [0.25, 0.3) is 5.91 Å². The molecule has 1 aromatic rings. The zero-order valence-electron chi connectivity index (χ0n) is 10.6. The summed E-state index contributed by atoms with van der Waals surface area (Å²) in [6.07, 6.45) is 3.97. The zero-order valence-corrected chi connectivity index (χ0v) is 12.1. The van der Waals surface area contributed by atoms with Crippen molar-refractivity contribution in [3.8, 4) is 0 Å². The van der Waals surface area contributed by atoms with E-state index in [1.807, 2.05) is 0 Å². The van der Waals surface area contributed by atoms with E-state index in [1.54, 1.807) is 0 Å². The van der Waals surface area contributed by atoms with Crippen LogP contribution in [0.2, 0.25) is 10.2 Å². The number of nitrogens with zero attached hydrogens (tertiary/aromatic N) is 1. The van der Waals surface area contributed by atoms with Crippen molar-refractivity contribution in [1.82, 2.24) is 10.3 Å². The number of nitrogens with one attached hydrogen (secondary N) is 1. The van der Waals surface area contributed by atoms with Crippen LogP contribution in [0.5, 0.6) is 0 Å². The fraction of sp³-hybridized carbons (Fsp3) is 0.462. The van der Waals surface area contributed by atoms with Crippen molar-refractivity contribution < 1.29 is 14.7 Å². The van der Waals surface area contributed by atoms with Crippen LogP contribution in [0.25, 0.3) is 0 Å². The van der Waals surface area contributed by atoms with Crippen LogP contribution >= 0.6 is 23.2 Å². The Bertz CT molecular complexity index is 536. The zero-order chi connectivity index (χ0) is 14.7. The first-order valence-electron chi connectivity index (χ1n) is 6.32. The summed E-state index contributed by atoms with van der Waals surface area (Å²) in [6.45, 7) is 0. The molecule has 1 aliphatic rings. The summed E-state index contributed by atoms with van der Waals surface area (Å²) in [6, 6.07) is 1.25. The molecular weight excluding hydrogens is 303 g/mol. The van der Waals surface area contributed by atoms with E-state index < -0.39 is 11.9 Å². The molecule has 20 heavy (non-hydrogen) atoms. The lowest BCUT2D eigenvalue weighted by Crippen LogP contribution is -2.40. The number of hydrogen-bond donors (Lipinski definition) is 2. The monoisotopic (exact) mass is 316 g/mol. The molecule has 1 fully saturated rings. The second kappa shape index (κ2) is 6.41. The second-order valence-corrected chi connectivity index (χ2v) is 5.65. The van der Waals surface area contributed by atoms with Gasteiger partial charge in [0, 0.05) is 12.2 Å². The molecule has 0 aliphatic heterocycles. The van der Waals surface area contributed by atoms with E-state index in [9.17, 15) is 9.59 Å². The van der Waals surface area contributed by atoms with E-state index in [0.717, 1.165) is 12.8 Å². The molecule has 108 valence electrons. The SMILES string of the molecule is O=C(NC1CCCC(C(=O)O)C1)c1cc(Cl)ncc1Cl. The molecule has 0 spiro atoms. The maximum atomic E-state index is 12.1. The highest BCUT2D eigenvalue weighted by Crippen LogP contribution is 2.25. The number of halogens is 2. The summed E-state index contributed by atoms with van der Waals surface area (Å²) in [5, 5.41) is 12.2. The molecule has 1 amide bonds. The van der Waals surface area contributed by atoms with E-state index >= 15 is 0 Å². The lowest BCUT2D eigenvalue weighted by Gasteiger charge is -2.27. The maximum Gasteiger partial charge on any atom is 0.306 e. The van der Waals surface area contributed by atoms with Gasteiger partial charge in [-0.05, 0) is 25.3 Å². The Morgan fingerprint density at radius 2 is 2.10 bits per heavy atom. The van der Waals surface area contributed by atoms with E-state index in [2.05, 4.69) is 10.3 Å². The lowest BCUT2D eigenvalue weighted by molar-refractivity contribution is -0.143. The lowest BCUT2D eigenvalue weighted by atomic mass is 9.85. The molecule has 1 heterocycles. The first kappa shape index (κ1) is 15.1. The van der Waals surface area contributed by atoms with Crippen molar-refractivity contribution in [2.45, 2.75) is 31.7 Å². The molecule has 0 radical (unpaired) electrons. The van der Waals surface area contributed by atoms with Gasteiger partial charge in [0.1, 0.15) is 5.15 Å². The maximum absolute atomic E-state index is 12.1. The Balaban J connectivity index is 2.04. The van der Waals surface area contributed by atoms with Crippen LogP contribution in [0.3, 0.4) is 0 Å². The highest BCUT2D eigenvalue weighted by Gasteiger charge is 2.28. The van der Waals surface area contributed by atoms with Crippen LogP contribution in [0.4, 0.5) is 0 Å². The van der Waals surface area contributed by atoms with Gasteiger partial charge in [-0.25, -0.2) is 4.98 Å². The molecule has 1 aromatic heterocycles. The number of pyridine rings is 1. The Morgan fingerprint density at radius 3 is 2.80 bits per heavy atom. The molecule has 0 saturated heterocycles. The fourth-order valence-corrected chi connectivity index (χ4v) is 2.74. The molecule has 2 N–H and O–H groups in total. The molecule has 7 heteroatoms. The first-order valence-corrected chi connectivity index (χ1v) is 7.07. The number of carboxylic acid groups (broad SMARTS) is 1. The van der Waals surface area contributed by atoms with Crippen LogP contribution in [0, 0.1) is 5.92 Å². The van der Waals surface area contributed by atoms with Crippen molar-refractivity contribution >= 4 is 35.1 Å². The smallest absolute Gasteiger partial charge is 0.306 e. The van der Waals surface area contributed by atoms with Gasteiger partial charge < -0.3 is 10.4 Å². The van der Waals surface area contributed by atoms with Gasteiger partial charge in [-0.1, -0.05) is 29.6 Å². The van der Waals surface area contributed by atoms with Crippen LogP contribution in [0.15, 0.2) is 12.3 Å². The van der Waals surface area contributed by atoms with E-state index in [0.29, 0.717) is 12.8 Å². The van der Waals surface area contributed by atoms with Gasteiger partial charge in [-0.3, -0.25) is 9.59 Å². The van der Waals surface area contributed by atoms with Gasteiger partial charge in [0.2, 0.25) is 0 Å². The summed E-state index contributed by atoms with van der Waals surface area (Å²) in [5.74, 6) is -1.56. The summed E-state index contributed by atoms with van der Waals surface area (Å²) < 4.78 is 0. The van der Waals surface area contributed by atoms with Gasteiger partial charge in [-0.15, -0.1) is 0 Å². The average molecular weight is 317 g/mol. The van der Waals surface area contributed by atoms with E-state index in [4.69, 9.17) is 28.3 Å². The molecule has 2 atom stereocenters. The topological polar surface area (TPSA) is 79.3 Å². The Hall–Kier alpha value is -1.33. The summed E-state index contributed by atoms with van der Waals surface area (Å²) in [4.78, 5) is 26.9. The molecule has 0 bridgehead atoms. The minimum Gasteiger partial charge on any atom is -0.481 e. The normalized spacial score (nSPS) is 22.3. The summed E-state index contributed by atoms with van der Waals surface area (Å²) in [5.41, 5.74) is 0.254. The number of carbonyl (C=O) groups excluding carboxylic acids is 1. The Kier molecular flexibility index (Phi) is 4.83. The molecule has 1 saturated carbocycles. The molecule has 1 aliphatic carbocycles. The van der Waals surface area contributed by atoms with E-state index in [-0.39, 0.29) is 27.7 Å². The highest BCUT2D eigenvalue weighted by molar-refractivity contribution is 6.35. The number of aromatic nitrogens is 1. The summed E-state index contributed by atoms with van der Waals surface area (Å²) in [7, 11) is 0. The standard InChI is InChI=1S/C13H14Cl2N2O3/c14-10-6-16-11(15)5-9(10)12(18)17-8-3-1-2-7(4-8)13(19)20/h5-8H,1-4H2,(H,17,18)(H,19,20). The second-order valence-electron chi connectivity index (χ2n) is 4.86. The van der Waals surface area contributed by atoms with Gasteiger partial charge in [-0.2, -0.15) is 0 Å². The van der Waals surface area contributed by atoms with Crippen molar-refractivity contribution in [3.05, 3.63) is 28.0 Å². The highest BCUT2D eigenvalue weighted by atomic mass is 35.5. The van der Waals surface area contributed by atoms with Gasteiger partial charge in [0.15, 0.2) is 0 Å². The molecule has 0 aromatic carbocycles. The third-order valence-corrected chi connectivity index (χ3v) is 3.93. The Labute approximate surface area is 126 Å². The fourth-order valence-electron chi connectivity index (χ4n) is 2.40. The molecule has 5 nitrogen and oxygen atoms in total.